The van der Waals surface area contributed by atoms with Crippen molar-refractivity contribution in [3.8, 4) is 5.69 Å². The molecular weight excluding hydrogens is 373 g/mol. The molecule has 2 heterocycles. The number of hydrogen-bond donors (Lipinski definition) is 2. The van der Waals surface area contributed by atoms with E-state index in [1.165, 1.54) is 5.56 Å². The Bertz CT molecular complexity index is 997. The average Bonchev–Trinajstić information content (AvgIpc) is 3.21. The first-order valence-corrected chi connectivity index (χ1v) is 8.91. The minimum Gasteiger partial charge on any atom is -0.478 e. The third-order valence-corrected chi connectivity index (χ3v) is 5.05. The second-order valence-electron chi connectivity index (χ2n) is 6.13. The zero-order valence-corrected chi connectivity index (χ0v) is 15.2. The quantitative estimate of drug-likeness (QED) is 0.694. The van der Waals surface area contributed by atoms with E-state index in [2.05, 4.69) is 5.32 Å². The van der Waals surface area contributed by atoms with Crippen molar-refractivity contribution < 1.29 is 9.90 Å². The van der Waals surface area contributed by atoms with Crippen LogP contribution in [0.25, 0.3) is 5.69 Å². The summed E-state index contributed by atoms with van der Waals surface area (Å²) in [5, 5.41) is 18.4. The third-order valence-electron chi connectivity index (χ3n) is 4.47. The molecule has 0 amide bonds. The van der Waals surface area contributed by atoms with Gasteiger partial charge in [0.2, 0.25) is 0 Å². The van der Waals surface area contributed by atoms with Crippen LogP contribution in [0.15, 0.2) is 42.5 Å². The molecule has 7 heteroatoms. The fourth-order valence-corrected chi connectivity index (χ4v) is 3.64. The van der Waals surface area contributed by atoms with Crippen molar-refractivity contribution in [2.75, 3.05) is 11.9 Å². The van der Waals surface area contributed by atoms with Gasteiger partial charge in [-0.05, 0) is 48.4 Å². The number of aromatic carboxylic acids is 1. The first-order valence-electron chi connectivity index (χ1n) is 8.15. The summed E-state index contributed by atoms with van der Waals surface area (Å²) in [6.07, 6.45) is 1.50. The number of anilines is 1. The molecule has 2 aromatic carbocycles. The van der Waals surface area contributed by atoms with Crippen molar-refractivity contribution in [3.05, 3.63) is 74.9 Å². The van der Waals surface area contributed by atoms with Crippen LogP contribution in [0, 0.1) is 0 Å². The maximum absolute atomic E-state index is 11.0. The number of fused-ring (bicyclic) bond motifs is 1. The molecule has 0 bridgehead atoms. The molecule has 0 aliphatic carbocycles. The van der Waals surface area contributed by atoms with Gasteiger partial charge in [0.25, 0.3) is 0 Å². The molecule has 0 spiro atoms. The Kier molecular flexibility index (Phi) is 4.34. The van der Waals surface area contributed by atoms with E-state index in [4.69, 9.17) is 33.4 Å². The zero-order chi connectivity index (χ0) is 18.3. The maximum Gasteiger partial charge on any atom is 0.335 e. The van der Waals surface area contributed by atoms with E-state index in [1.807, 2.05) is 16.8 Å². The molecule has 0 fully saturated rings. The Balaban J connectivity index is 1.72. The van der Waals surface area contributed by atoms with Gasteiger partial charge < -0.3 is 10.4 Å². The number of nitrogens with one attached hydrogen (secondary N) is 1. The predicted octanol–water partition coefficient (Wildman–Crippen LogP) is 4.44. The summed E-state index contributed by atoms with van der Waals surface area (Å²) in [5.41, 5.74) is 4.15. The number of hydrogen-bond acceptors (Lipinski definition) is 3. The van der Waals surface area contributed by atoms with Crippen LogP contribution in [0.5, 0.6) is 0 Å². The van der Waals surface area contributed by atoms with Crippen LogP contribution in [-0.4, -0.2) is 27.4 Å². The van der Waals surface area contributed by atoms with Gasteiger partial charge >= 0.3 is 5.97 Å². The molecule has 0 saturated heterocycles. The van der Waals surface area contributed by atoms with Gasteiger partial charge in [0, 0.05) is 28.6 Å². The summed E-state index contributed by atoms with van der Waals surface area (Å²) >= 11 is 12.3. The molecule has 4 rings (SSSR count). The average molecular weight is 388 g/mol. The van der Waals surface area contributed by atoms with Crippen LogP contribution in [0.3, 0.4) is 0 Å². The highest BCUT2D eigenvalue weighted by Gasteiger charge is 2.23. The highest BCUT2D eigenvalue weighted by molar-refractivity contribution is 6.35. The van der Waals surface area contributed by atoms with Gasteiger partial charge in [0.15, 0.2) is 0 Å². The molecule has 26 heavy (non-hydrogen) atoms. The number of carboxylic acid groups (broad SMARTS) is 1. The minimum atomic E-state index is -0.946. The van der Waals surface area contributed by atoms with E-state index in [0.717, 1.165) is 35.7 Å². The van der Waals surface area contributed by atoms with Gasteiger partial charge in [0.05, 0.1) is 16.9 Å². The third kappa shape index (κ3) is 3.04. The summed E-state index contributed by atoms with van der Waals surface area (Å²) < 4.78 is 1.83. The highest BCUT2D eigenvalue weighted by Crippen LogP contribution is 2.31. The van der Waals surface area contributed by atoms with Crippen LogP contribution in [0.2, 0.25) is 10.0 Å². The lowest BCUT2D eigenvalue weighted by Gasteiger charge is -2.07. The summed E-state index contributed by atoms with van der Waals surface area (Å²) in [4.78, 5) is 11.0. The van der Waals surface area contributed by atoms with E-state index < -0.39 is 5.97 Å². The van der Waals surface area contributed by atoms with Crippen molar-refractivity contribution in [1.82, 2.24) is 9.78 Å². The molecular formula is C19H15Cl2N3O2. The van der Waals surface area contributed by atoms with E-state index in [-0.39, 0.29) is 5.56 Å². The number of nitrogens with zero attached hydrogens (tertiary/aromatic N) is 2. The standard InChI is InChI=1S/C19H15Cl2N3O2/c20-13-4-1-12(16(21)10-13)9-17-15-7-8-22-18(15)24(23-17)14-5-2-11(3-6-14)19(25)26/h1-6,10,22H,7-9H2,(H,25,26). The first-order chi connectivity index (χ1) is 12.5. The molecule has 1 aromatic heterocycles. The topological polar surface area (TPSA) is 67.1 Å². The fourth-order valence-electron chi connectivity index (χ4n) is 3.17. The van der Waals surface area contributed by atoms with E-state index in [9.17, 15) is 4.79 Å². The SMILES string of the molecule is O=C(O)c1ccc(-n2nc(Cc3ccc(Cl)cc3Cl)c3c2NCC3)cc1. The Morgan fingerprint density at radius 2 is 1.96 bits per heavy atom. The van der Waals surface area contributed by atoms with Crippen LogP contribution in [0.4, 0.5) is 5.82 Å². The second-order valence-corrected chi connectivity index (χ2v) is 6.97. The van der Waals surface area contributed by atoms with Gasteiger partial charge in [-0.3, -0.25) is 0 Å². The van der Waals surface area contributed by atoms with E-state index >= 15 is 0 Å². The molecule has 1 aliphatic rings. The summed E-state index contributed by atoms with van der Waals surface area (Å²) in [6, 6.07) is 12.2. The first kappa shape index (κ1) is 16.9. The largest absolute Gasteiger partial charge is 0.478 e. The molecule has 1 aliphatic heterocycles. The monoisotopic (exact) mass is 387 g/mol. The van der Waals surface area contributed by atoms with Gasteiger partial charge in [-0.15, -0.1) is 0 Å². The van der Waals surface area contributed by atoms with E-state index in [0.29, 0.717) is 16.5 Å². The highest BCUT2D eigenvalue weighted by atomic mass is 35.5. The summed E-state index contributed by atoms with van der Waals surface area (Å²) in [5.74, 6) is 0.00611. The number of carboxylic acids is 1. The maximum atomic E-state index is 11.0. The minimum absolute atomic E-state index is 0.249. The van der Waals surface area contributed by atoms with Gasteiger partial charge in [-0.25, -0.2) is 9.48 Å². The van der Waals surface area contributed by atoms with Gasteiger partial charge in [-0.1, -0.05) is 29.3 Å². The van der Waals surface area contributed by atoms with Crippen LogP contribution >= 0.6 is 23.2 Å². The molecule has 0 saturated carbocycles. The molecule has 0 radical (unpaired) electrons. The normalized spacial score (nSPS) is 12.7. The Labute approximate surface area is 160 Å². The Morgan fingerprint density at radius 3 is 2.65 bits per heavy atom. The fraction of sp³-hybridized carbons (Fsp3) is 0.158. The lowest BCUT2D eigenvalue weighted by Crippen LogP contribution is -2.06. The summed E-state index contributed by atoms with van der Waals surface area (Å²) in [7, 11) is 0. The number of rotatable bonds is 4. The second kappa shape index (κ2) is 6.67. The van der Waals surface area contributed by atoms with Crippen molar-refractivity contribution in [2.24, 2.45) is 0 Å². The van der Waals surface area contributed by atoms with Crippen LogP contribution < -0.4 is 5.32 Å². The molecule has 0 atom stereocenters. The van der Waals surface area contributed by atoms with Crippen molar-refractivity contribution in [3.63, 3.8) is 0 Å². The van der Waals surface area contributed by atoms with Gasteiger partial charge in [-0.2, -0.15) is 5.10 Å². The number of aromatic nitrogens is 2. The van der Waals surface area contributed by atoms with E-state index in [1.54, 1.807) is 30.3 Å². The van der Waals surface area contributed by atoms with Gasteiger partial charge in [0.1, 0.15) is 5.82 Å². The van der Waals surface area contributed by atoms with Crippen molar-refractivity contribution >= 4 is 35.0 Å². The van der Waals surface area contributed by atoms with Crippen LogP contribution in [0.1, 0.15) is 27.2 Å². The number of halogens is 2. The zero-order valence-electron chi connectivity index (χ0n) is 13.7. The lowest BCUT2D eigenvalue weighted by atomic mass is 10.1. The molecule has 2 N–H and O–H groups in total. The smallest absolute Gasteiger partial charge is 0.335 e. The Hall–Kier alpha value is -2.50. The number of benzene rings is 2. The predicted molar refractivity (Wildman–Crippen MR) is 102 cm³/mol. The van der Waals surface area contributed by atoms with Crippen molar-refractivity contribution in [1.29, 1.82) is 0 Å². The number of carbonyl (C=O) groups is 1. The lowest BCUT2D eigenvalue weighted by molar-refractivity contribution is 0.0697. The van der Waals surface area contributed by atoms with Crippen LogP contribution in [-0.2, 0) is 12.8 Å². The molecule has 3 aromatic rings. The van der Waals surface area contributed by atoms with Crippen molar-refractivity contribution in [2.45, 2.75) is 12.8 Å². The molecule has 132 valence electrons. The Morgan fingerprint density at radius 1 is 1.19 bits per heavy atom. The molecule has 0 unspecified atom stereocenters. The molecule has 5 nitrogen and oxygen atoms in total. The summed E-state index contributed by atoms with van der Waals surface area (Å²) in [6.45, 7) is 0.849.